The van der Waals surface area contributed by atoms with Crippen molar-refractivity contribution in [3.05, 3.63) is 36.0 Å². The van der Waals surface area contributed by atoms with Crippen molar-refractivity contribution >= 4 is 17.7 Å². The summed E-state index contributed by atoms with van der Waals surface area (Å²) in [5.41, 5.74) is 1.70. The van der Waals surface area contributed by atoms with E-state index in [1.165, 1.54) is 19.1 Å². The fraction of sp³-hybridized carbons (Fsp3) is 0.795. The highest BCUT2D eigenvalue weighted by Gasteiger charge is 2.56. The van der Waals surface area contributed by atoms with Crippen LogP contribution in [0.3, 0.4) is 0 Å². The van der Waals surface area contributed by atoms with E-state index in [2.05, 4.69) is 13.5 Å². The highest BCUT2D eigenvalue weighted by molar-refractivity contribution is 6.39. The summed E-state index contributed by atoms with van der Waals surface area (Å²) in [4.78, 5) is 44.0. The number of ketones is 1. The normalized spacial score (nSPS) is 42.2. The number of hydrogen-bond donors (Lipinski definition) is 4. The summed E-state index contributed by atoms with van der Waals surface area (Å²) in [5.74, 6) is -7.22. The zero-order valence-electron chi connectivity index (χ0n) is 35.5. The van der Waals surface area contributed by atoms with Crippen LogP contribution in [-0.2, 0) is 38.1 Å². The van der Waals surface area contributed by atoms with Crippen LogP contribution >= 0.6 is 0 Å². The first-order chi connectivity index (χ1) is 27.0. The van der Waals surface area contributed by atoms with Gasteiger partial charge in [-0.2, -0.15) is 0 Å². The number of aliphatic hydroxyl groups is 4. The number of nitrogens with zero attached hydrogens (tertiary/aromatic N) is 1. The smallest absolute Gasteiger partial charge is 0.329 e. The highest BCUT2D eigenvalue weighted by Crippen LogP contribution is 2.39. The van der Waals surface area contributed by atoms with Gasteiger partial charge in [0.1, 0.15) is 18.2 Å². The van der Waals surface area contributed by atoms with Gasteiger partial charge in [0.15, 0.2) is 0 Å². The molecule has 324 valence electrons. The van der Waals surface area contributed by atoms with Crippen LogP contribution in [0.15, 0.2) is 36.0 Å². The lowest BCUT2D eigenvalue weighted by Crippen LogP contribution is -2.64. The zero-order chi connectivity index (χ0) is 42.2. The molecule has 4 aliphatic rings. The van der Waals surface area contributed by atoms with Crippen molar-refractivity contribution in [3.63, 3.8) is 0 Å². The van der Waals surface area contributed by atoms with Gasteiger partial charge in [0.05, 0.1) is 36.6 Å². The van der Waals surface area contributed by atoms with Crippen LogP contribution in [0.2, 0.25) is 0 Å². The molecular weight excluding hydrogens is 734 g/mol. The van der Waals surface area contributed by atoms with Crippen LogP contribution in [0, 0.1) is 29.6 Å². The van der Waals surface area contributed by atoms with E-state index < -0.39 is 84.1 Å². The molecule has 0 aromatic rings. The second-order valence-electron chi connectivity index (χ2n) is 17.5. The summed E-state index contributed by atoms with van der Waals surface area (Å²) >= 11 is 0. The summed E-state index contributed by atoms with van der Waals surface area (Å²) in [7, 11) is 4.64. The Balaban J connectivity index is 1.77. The minimum atomic E-state index is -2.50. The molecule has 1 saturated carbocycles. The maximum atomic E-state index is 14.3. The first-order valence-corrected chi connectivity index (χ1v) is 21.0. The second kappa shape index (κ2) is 21.2. The molecule has 15 unspecified atom stereocenters. The van der Waals surface area contributed by atoms with Gasteiger partial charge in [-0.1, -0.05) is 44.6 Å². The third kappa shape index (κ3) is 11.4. The third-order valence-electron chi connectivity index (χ3n) is 13.1. The molecule has 13 heteroatoms. The number of rotatable bonds is 7. The lowest BCUT2D eigenvalue weighted by Gasteiger charge is -2.47. The Kier molecular flexibility index (Phi) is 17.5. The maximum absolute atomic E-state index is 14.3. The minimum Gasteiger partial charge on any atom is -0.456 e. The van der Waals surface area contributed by atoms with Gasteiger partial charge in [0.25, 0.3) is 11.7 Å². The van der Waals surface area contributed by atoms with E-state index in [-0.39, 0.29) is 49.7 Å². The predicted octanol–water partition coefficient (Wildman–Crippen LogP) is 4.43. The summed E-state index contributed by atoms with van der Waals surface area (Å²) in [5, 5.41) is 45.8. The van der Waals surface area contributed by atoms with E-state index in [0.717, 1.165) is 5.57 Å². The lowest BCUT2D eigenvalue weighted by molar-refractivity contribution is -0.302. The van der Waals surface area contributed by atoms with E-state index >= 15 is 0 Å². The molecule has 3 aliphatic heterocycles. The van der Waals surface area contributed by atoms with Gasteiger partial charge in [-0.15, -0.1) is 6.58 Å². The van der Waals surface area contributed by atoms with E-state index in [0.29, 0.717) is 56.9 Å². The number of aliphatic hydroxyl groups excluding tert-OH is 3. The summed E-state index contributed by atoms with van der Waals surface area (Å²) in [6.07, 6.45) is 4.82. The van der Waals surface area contributed by atoms with Crippen LogP contribution in [0.4, 0.5) is 0 Å². The van der Waals surface area contributed by atoms with E-state index in [1.54, 1.807) is 27.0 Å². The number of fused-ring (bicyclic) bond motifs is 3. The molecule has 0 aromatic heterocycles. The number of piperidine rings is 1. The fourth-order valence-electron chi connectivity index (χ4n) is 9.60. The van der Waals surface area contributed by atoms with Gasteiger partial charge < -0.3 is 49.0 Å². The van der Waals surface area contributed by atoms with Crippen molar-refractivity contribution in [1.29, 1.82) is 0 Å². The van der Waals surface area contributed by atoms with Gasteiger partial charge in [-0.3, -0.25) is 9.59 Å². The van der Waals surface area contributed by atoms with Gasteiger partial charge in [-0.05, 0) is 95.5 Å². The van der Waals surface area contributed by atoms with E-state index in [9.17, 15) is 34.8 Å². The summed E-state index contributed by atoms with van der Waals surface area (Å²) in [6, 6.07) is -1.13. The van der Waals surface area contributed by atoms with Crippen molar-refractivity contribution in [3.8, 4) is 0 Å². The number of amides is 1. The average Bonchev–Trinajstić information content (AvgIpc) is 3.18. The van der Waals surface area contributed by atoms with Crippen molar-refractivity contribution in [1.82, 2.24) is 4.90 Å². The average molecular weight is 806 g/mol. The van der Waals surface area contributed by atoms with Crippen LogP contribution in [0.25, 0.3) is 0 Å². The molecule has 0 spiro atoms. The molecule has 1 aliphatic carbocycles. The maximum Gasteiger partial charge on any atom is 0.329 e. The number of allylic oxidation sites excluding steroid dienone is 3. The largest absolute Gasteiger partial charge is 0.456 e. The SMILES string of the molecule is C=CCC1/C=C(/C)CC(C)CC(OC)C2OC(O)(C(=O)C(=O)N3CCCCC3C(=O)OC(/C(C)=C/C3CCC(O)C(OC)C3)C(C)C(O)CC1O)C(C)CC2OC. The van der Waals surface area contributed by atoms with Crippen LogP contribution in [-0.4, -0.2) is 132 Å². The quantitative estimate of drug-likeness (QED) is 0.162. The number of esters is 1. The number of hydrogen-bond acceptors (Lipinski definition) is 12. The van der Waals surface area contributed by atoms with Crippen LogP contribution < -0.4 is 0 Å². The Morgan fingerprint density at radius 1 is 0.912 bits per heavy atom. The number of cyclic esters (lactones) is 1. The number of Topliss-reactive ketones (excluding diaryl/α,β-unsaturated/α-hetero) is 1. The number of ether oxygens (including phenoxy) is 5. The molecule has 0 aromatic carbocycles. The number of carbonyl (C=O) groups excluding carboxylic acids is 3. The first-order valence-electron chi connectivity index (χ1n) is 21.0. The Labute approximate surface area is 339 Å². The lowest BCUT2D eigenvalue weighted by atomic mass is 9.81. The fourth-order valence-corrected chi connectivity index (χ4v) is 9.60. The molecule has 2 bridgehead atoms. The molecule has 4 rings (SSSR count). The highest BCUT2D eigenvalue weighted by atomic mass is 16.7. The molecular formula is C44H71NO12. The van der Waals surface area contributed by atoms with Crippen molar-refractivity contribution in [2.45, 2.75) is 166 Å². The van der Waals surface area contributed by atoms with Crippen molar-refractivity contribution < 1.29 is 58.5 Å². The Bertz CT molecular complexity index is 1430. The summed E-state index contributed by atoms with van der Waals surface area (Å²) < 4.78 is 29.8. The molecule has 3 heterocycles. The second-order valence-corrected chi connectivity index (χ2v) is 17.5. The van der Waals surface area contributed by atoms with Gasteiger partial charge in [-0.25, -0.2) is 4.79 Å². The Hall–Kier alpha value is -2.49. The van der Waals surface area contributed by atoms with Crippen LogP contribution in [0.5, 0.6) is 0 Å². The molecule has 1 amide bonds. The standard InChI is InChI=1S/C44H71NO12/c1-10-13-31-19-25(2)18-26(3)20-37(54-8)40-38(55-9)22-28(5)44(52,57-40)41(49)42(50)45-17-12-11-14-32(45)43(51)56-39(29(6)34(47)24-35(31)48)27(4)21-30-15-16-33(46)36(23-30)53-7/h10,19,21,26,28-40,46-48,52H,1,11-18,20,22-24H2,2-9H3/b25-19-,27-21+. The molecule has 3 fully saturated rings. The van der Waals surface area contributed by atoms with E-state index in [4.69, 9.17) is 23.7 Å². The van der Waals surface area contributed by atoms with Gasteiger partial charge in [0, 0.05) is 52.0 Å². The molecule has 15 atom stereocenters. The predicted molar refractivity (Wildman–Crippen MR) is 214 cm³/mol. The van der Waals surface area contributed by atoms with Gasteiger partial charge >= 0.3 is 5.97 Å². The van der Waals surface area contributed by atoms with Crippen molar-refractivity contribution in [2.75, 3.05) is 27.9 Å². The molecule has 2 saturated heterocycles. The molecule has 57 heavy (non-hydrogen) atoms. The molecule has 0 radical (unpaired) electrons. The minimum absolute atomic E-state index is 0.00416. The summed E-state index contributed by atoms with van der Waals surface area (Å²) in [6.45, 7) is 13.3. The first kappa shape index (κ1) is 47.2. The number of methoxy groups -OCH3 is 3. The Morgan fingerprint density at radius 2 is 1.58 bits per heavy atom. The number of carbonyl (C=O) groups is 3. The van der Waals surface area contributed by atoms with Crippen molar-refractivity contribution in [2.24, 2.45) is 29.6 Å². The third-order valence-corrected chi connectivity index (χ3v) is 13.1. The molecule has 13 nitrogen and oxygen atoms in total. The van der Waals surface area contributed by atoms with E-state index in [1.807, 2.05) is 26.0 Å². The monoisotopic (exact) mass is 805 g/mol. The van der Waals surface area contributed by atoms with Crippen LogP contribution in [0.1, 0.15) is 105 Å². The topological polar surface area (TPSA) is 182 Å². The Morgan fingerprint density at radius 3 is 2.23 bits per heavy atom. The van der Waals surface area contributed by atoms with Gasteiger partial charge in [0.2, 0.25) is 5.79 Å². The zero-order valence-corrected chi connectivity index (χ0v) is 35.5. The molecule has 4 N–H and O–H groups in total.